The molecule has 0 aromatic heterocycles. The molecule has 22 heavy (non-hydrogen) atoms. The predicted octanol–water partition coefficient (Wildman–Crippen LogP) is 1.69. The van der Waals surface area contributed by atoms with Gasteiger partial charge in [0.15, 0.2) is 0 Å². The lowest BCUT2D eigenvalue weighted by Crippen LogP contribution is -2.47. The monoisotopic (exact) mass is 324 g/mol. The summed E-state index contributed by atoms with van der Waals surface area (Å²) in [5.41, 5.74) is 0.873. The Morgan fingerprint density at radius 3 is 2.86 bits per heavy atom. The van der Waals surface area contributed by atoms with Crippen LogP contribution in [0.2, 0.25) is 0 Å². The third kappa shape index (κ3) is 5.88. The Bertz CT molecular complexity index is 572. The third-order valence-electron chi connectivity index (χ3n) is 3.69. The summed E-state index contributed by atoms with van der Waals surface area (Å²) in [6.45, 7) is 3.26. The molecule has 122 valence electrons. The molecule has 1 aromatic rings. The van der Waals surface area contributed by atoms with Crippen molar-refractivity contribution in [1.29, 1.82) is 0 Å². The highest BCUT2D eigenvalue weighted by Crippen LogP contribution is 2.11. The van der Waals surface area contributed by atoms with Crippen molar-refractivity contribution in [2.45, 2.75) is 18.9 Å². The van der Waals surface area contributed by atoms with Crippen molar-refractivity contribution in [2.75, 3.05) is 33.4 Å². The minimum absolute atomic E-state index is 0.0315. The van der Waals surface area contributed by atoms with E-state index in [-0.39, 0.29) is 6.04 Å². The number of nitrogens with one attached hydrogen (secondary N) is 1. The summed E-state index contributed by atoms with van der Waals surface area (Å²) in [4.78, 5) is 2.24. The van der Waals surface area contributed by atoms with Gasteiger partial charge in [-0.2, -0.15) is 0 Å². The van der Waals surface area contributed by atoms with Crippen LogP contribution in [0.25, 0.3) is 6.08 Å². The fourth-order valence-corrected chi connectivity index (χ4v) is 3.65. The van der Waals surface area contributed by atoms with Gasteiger partial charge in [0.1, 0.15) is 0 Å². The fourth-order valence-electron chi connectivity index (χ4n) is 2.58. The van der Waals surface area contributed by atoms with Crippen LogP contribution in [0, 0.1) is 0 Å². The Balaban J connectivity index is 1.89. The van der Waals surface area contributed by atoms with Crippen LogP contribution in [-0.2, 0) is 14.8 Å². The van der Waals surface area contributed by atoms with Crippen molar-refractivity contribution in [2.24, 2.45) is 0 Å². The highest BCUT2D eigenvalue weighted by atomic mass is 32.2. The van der Waals surface area contributed by atoms with Gasteiger partial charge in [-0.1, -0.05) is 30.3 Å². The zero-order valence-corrected chi connectivity index (χ0v) is 13.8. The smallest absolute Gasteiger partial charge is 0.234 e. The lowest BCUT2D eigenvalue weighted by atomic mass is 10.1. The van der Waals surface area contributed by atoms with Gasteiger partial charge < -0.3 is 4.74 Å². The van der Waals surface area contributed by atoms with Crippen LogP contribution in [-0.4, -0.2) is 52.7 Å². The normalized spacial score (nSPS) is 20.5. The maximum absolute atomic E-state index is 12.2. The van der Waals surface area contributed by atoms with Crippen molar-refractivity contribution in [3.8, 4) is 0 Å². The van der Waals surface area contributed by atoms with Gasteiger partial charge >= 0.3 is 0 Å². The average molecular weight is 324 g/mol. The van der Waals surface area contributed by atoms with Gasteiger partial charge in [-0.05, 0) is 31.0 Å². The van der Waals surface area contributed by atoms with Crippen LogP contribution < -0.4 is 4.72 Å². The minimum atomic E-state index is -3.41. The quantitative estimate of drug-likeness (QED) is 0.829. The van der Waals surface area contributed by atoms with Crippen molar-refractivity contribution in [3.05, 3.63) is 41.3 Å². The van der Waals surface area contributed by atoms with Crippen LogP contribution >= 0.6 is 0 Å². The highest BCUT2D eigenvalue weighted by Gasteiger charge is 2.22. The molecule has 1 aliphatic heterocycles. The molecule has 0 unspecified atom stereocenters. The summed E-state index contributed by atoms with van der Waals surface area (Å²) in [7, 11) is -1.73. The summed E-state index contributed by atoms with van der Waals surface area (Å²) >= 11 is 0. The van der Waals surface area contributed by atoms with Gasteiger partial charge in [-0.25, -0.2) is 13.1 Å². The lowest BCUT2D eigenvalue weighted by Gasteiger charge is -2.32. The van der Waals surface area contributed by atoms with E-state index in [1.807, 2.05) is 30.3 Å². The van der Waals surface area contributed by atoms with Crippen LogP contribution in [0.3, 0.4) is 0 Å². The van der Waals surface area contributed by atoms with E-state index in [4.69, 9.17) is 4.74 Å². The molecular formula is C16H24N2O3S. The number of sulfonamides is 1. The van der Waals surface area contributed by atoms with Gasteiger partial charge in [0.2, 0.25) is 10.0 Å². The van der Waals surface area contributed by atoms with Crippen LogP contribution in [0.1, 0.15) is 18.4 Å². The number of benzene rings is 1. The molecule has 0 radical (unpaired) electrons. The summed E-state index contributed by atoms with van der Waals surface area (Å²) in [6.07, 6.45) is 3.50. The van der Waals surface area contributed by atoms with E-state index in [1.54, 1.807) is 13.2 Å². The zero-order chi connectivity index (χ0) is 15.8. The van der Waals surface area contributed by atoms with E-state index >= 15 is 0 Å². The van der Waals surface area contributed by atoms with E-state index in [1.165, 1.54) is 5.41 Å². The molecule has 1 aliphatic rings. The van der Waals surface area contributed by atoms with Gasteiger partial charge in [0.25, 0.3) is 0 Å². The topological polar surface area (TPSA) is 58.6 Å². The SMILES string of the molecule is COCCN1CCC[C@H](NS(=O)(=O)/C=C/c2ccccc2)C1. The first kappa shape index (κ1) is 17.1. The Morgan fingerprint density at radius 1 is 1.36 bits per heavy atom. The number of nitrogens with zero attached hydrogens (tertiary/aromatic N) is 1. The van der Waals surface area contributed by atoms with Gasteiger partial charge in [-0.15, -0.1) is 0 Å². The molecule has 1 N–H and O–H groups in total. The third-order valence-corrected chi connectivity index (χ3v) is 4.84. The molecule has 5 nitrogen and oxygen atoms in total. The predicted molar refractivity (Wildman–Crippen MR) is 88.9 cm³/mol. The van der Waals surface area contributed by atoms with Crippen molar-refractivity contribution in [3.63, 3.8) is 0 Å². The fraction of sp³-hybridized carbons (Fsp3) is 0.500. The molecule has 0 spiro atoms. The molecule has 6 heteroatoms. The summed E-state index contributed by atoms with van der Waals surface area (Å²) < 4.78 is 32.2. The van der Waals surface area contributed by atoms with Crippen molar-refractivity contribution >= 4 is 16.1 Å². The number of methoxy groups -OCH3 is 1. The Hall–Kier alpha value is -1.21. The van der Waals surface area contributed by atoms with E-state index in [0.717, 1.165) is 38.0 Å². The van der Waals surface area contributed by atoms with E-state index in [2.05, 4.69) is 9.62 Å². The van der Waals surface area contributed by atoms with E-state index in [0.29, 0.717) is 6.61 Å². The number of likely N-dealkylation sites (tertiary alicyclic amines) is 1. The largest absolute Gasteiger partial charge is 0.383 e. The second-order valence-corrected chi connectivity index (χ2v) is 7.11. The van der Waals surface area contributed by atoms with Crippen LogP contribution in [0.5, 0.6) is 0 Å². The molecule has 1 atom stereocenters. The molecule has 1 saturated heterocycles. The number of hydrogen-bond acceptors (Lipinski definition) is 4. The molecule has 0 bridgehead atoms. The van der Waals surface area contributed by atoms with Gasteiger partial charge in [0, 0.05) is 31.6 Å². The van der Waals surface area contributed by atoms with E-state index in [9.17, 15) is 8.42 Å². The summed E-state index contributed by atoms with van der Waals surface area (Å²) in [6, 6.07) is 9.39. The molecular weight excluding hydrogens is 300 g/mol. The number of piperidine rings is 1. The molecule has 0 saturated carbocycles. The highest BCUT2D eigenvalue weighted by molar-refractivity contribution is 7.92. The first-order chi connectivity index (χ1) is 10.6. The zero-order valence-electron chi connectivity index (χ0n) is 12.9. The van der Waals surface area contributed by atoms with E-state index < -0.39 is 10.0 Å². The maximum atomic E-state index is 12.2. The van der Waals surface area contributed by atoms with Gasteiger partial charge in [0.05, 0.1) is 6.61 Å². The number of rotatable bonds is 7. The Labute approximate surface area is 133 Å². The maximum Gasteiger partial charge on any atom is 0.234 e. The molecule has 0 aliphatic carbocycles. The van der Waals surface area contributed by atoms with Gasteiger partial charge in [-0.3, -0.25) is 4.90 Å². The number of ether oxygens (including phenoxy) is 1. The Morgan fingerprint density at radius 2 is 2.14 bits per heavy atom. The second-order valence-electron chi connectivity index (χ2n) is 5.51. The molecule has 1 fully saturated rings. The molecule has 2 rings (SSSR count). The first-order valence-electron chi connectivity index (χ1n) is 7.56. The van der Waals surface area contributed by atoms with Crippen molar-refractivity contribution < 1.29 is 13.2 Å². The van der Waals surface area contributed by atoms with Crippen LogP contribution in [0.4, 0.5) is 0 Å². The Kier molecular flexibility index (Phi) is 6.57. The minimum Gasteiger partial charge on any atom is -0.383 e. The van der Waals surface area contributed by atoms with Crippen LogP contribution in [0.15, 0.2) is 35.7 Å². The molecule has 0 amide bonds. The molecule has 1 aromatic carbocycles. The van der Waals surface area contributed by atoms with Crippen molar-refractivity contribution in [1.82, 2.24) is 9.62 Å². The molecule has 1 heterocycles. The number of hydrogen-bond donors (Lipinski definition) is 1. The first-order valence-corrected chi connectivity index (χ1v) is 9.10. The summed E-state index contributed by atoms with van der Waals surface area (Å²) in [5.74, 6) is 0. The lowest BCUT2D eigenvalue weighted by molar-refractivity contribution is 0.126. The second kappa shape index (κ2) is 8.43. The average Bonchev–Trinajstić information content (AvgIpc) is 2.52. The standard InChI is InChI=1S/C16H24N2O3S/c1-21-12-11-18-10-5-8-16(14-18)17-22(19,20)13-9-15-6-3-2-4-7-15/h2-4,6-7,9,13,16-17H,5,8,10-12,14H2,1H3/b13-9+/t16-/m0/s1. The summed E-state index contributed by atoms with van der Waals surface area (Å²) in [5, 5.41) is 1.25.